The number of nitrogens with one attached hydrogen (secondary N) is 1. The zero-order valence-electron chi connectivity index (χ0n) is 38.3. The number of likely N-dealkylation sites (N-methyl/N-ethyl adjacent to an activating group) is 1. The molecule has 18 nitrogen and oxygen atoms in total. The van der Waals surface area contributed by atoms with E-state index in [9.17, 15) is 24.6 Å². The number of benzene rings is 1. The number of oxazole rings is 1. The van der Waals surface area contributed by atoms with Crippen LogP contribution in [0.1, 0.15) is 87.1 Å². The molecule has 14 atom stereocenters. The van der Waals surface area contributed by atoms with E-state index in [1.807, 2.05) is 58.8 Å². The number of hydroxylamine groups is 1. The van der Waals surface area contributed by atoms with Crippen molar-refractivity contribution in [3.8, 4) is 6.01 Å². The van der Waals surface area contributed by atoms with Gasteiger partial charge in [-0.2, -0.15) is 20.2 Å². The van der Waals surface area contributed by atoms with E-state index in [0.29, 0.717) is 29.2 Å². The quantitative estimate of drug-likeness (QED) is 0.157. The topological polar surface area (TPSA) is 219 Å². The Labute approximate surface area is 368 Å². The molecule has 63 heavy (non-hydrogen) atoms. The second-order valence-electron chi connectivity index (χ2n) is 18.3. The molecule has 2 aromatic heterocycles. The smallest absolute Gasteiger partial charge is 0.323 e. The summed E-state index contributed by atoms with van der Waals surface area (Å²) in [6, 6.07) is 6.58. The first-order valence-electron chi connectivity index (χ1n) is 22.0. The Balaban J connectivity index is 1.41. The highest BCUT2D eigenvalue weighted by Gasteiger charge is 2.53. The van der Waals surface area contributed by atoms with Crippen LogP contribution in [0.15, 0.2) is 46.1 Å². The van der Waals surface area contributed by atoms with Gasteiger partial charge in [0.25, 0.3) is 0 Å². The summed E-state index contributed by atoms with van der Waals surface area (Å²) in [4.78, 5) is 58.5. The summed E-state index contributed by atoms with van der Waals surface area (Å²) in [6.45, 7) is 15.2. The fourth-order valence-electron chi connectivity index (χ4n) is 9.48. The van der Waals surface area contributed by atoms with Gasteiger partial charge in [0.1, 0.15) is 29.2 Å². The molecule has 3 aliphatic heterocycles. The van der Waals surface area contributed by atoms with Gasteiger partial charge in [0, 0.05) is 42.9 Å². The van der Waals surface area contributed by atoms with Crippen LogP contribution < -0.4 is 5.48 Å². The molecule has 5 heterocycles. The number of fused-ring (bicyclic) bond motifs is 6. The average molecular weight is 883 g/mol. The number of aromatic nitrogens is 3. The molecule has 2 bridgehead atoms. The highest BCUT2D eigenvalue weighted by molar-refractivity contribution is 6.00. The van der Waals surface area contributed by atoms with Crippen LogP contribution in [0.2, 0.25) is 0 Å². The molecule has 3 aromatic rings. The van der Waals surface area contributed by atoms with Gasteiger partial charge in [-0.15, -0.1) is 0 Å². The van der Waals surface area contributed by atoms with Gasteiger partial charge in [-0.1, -0.05) is 33.8 Å². The molecule has 1 amide bonds. The molecule has 3 aliphatic rings. The summed E-state index contributed by atoms with van der Waals surface area (Å²) in [5.41, 5.74) is 2.28. The van der Waals surface area contributed by atoms with Crippen LogP contribution in [0, 0.1) is 23.7 Å². The largest absolute Gasteiger partial charge is 0.459 e. The van der Waals surface area contributed by atoms with Crippen molar-refractivity contribution >= 4 is 34.5 Å². The fraction of sp³-hybridized carbons (Fsp3) is 0.689. The number of carbonyl (C=O) groups is 3. The maximum absolute atomic E-state index is 14.6. The lowest BCUT2D eigenvalue weighted by Crippen LogP contribution is -2.60. The zero-order chi connectivity index (χ0) is 46.0. The third kappa shape index (κ3) is 10.8. The number of carbonyl (C=O) groups excluding carboxylic acids is 3. The highest BCUT2D eigenvalue weighted by atomic mass is 16.7. The van der Waals surface area contributed by atoms with Gasteiger partial charge in [-0.25, -0.2) is 4.99 Å². The second kappa shape index (κ2) is 20.0. The predicted molar refractivity (Wildman–Crippen MR) is 229 cm³/mol. The first-order valence-corrected chi connectivity index (χ1v) is 22.0. The van der Waals surface area contributed by atoms with Crippen molar-refractivity contribution < 1.29 is 57.5 Å². The Kier molecular flexibility index (Phi) is 15.4. The third-order valence-corrected chi connectivity index (χ3v) is 12.8. The van der Waals surface area contributed by atoms with E-state index < -0.39 is 89.3 Å². The number of ketones is 1. The van der Waals surface area contributed by atoms with Crippen LogP contribution in [0.5, 0.6) is 0 Å². The number of rotatable bonds is 9. The monoisotopic (exact) mass is 882 g/mol. The van der Waals surface area contributed by atoms with Gasteiger partial charge < -0.3 is 43.2 Å². The van der Waals surface area contributed by atoms with E-state index in [0.717, 1.165) is 5.56 Å². The lowest BCUT2D eigenvalue weighted by atomic mass is 9.73. The molecule has 348 valence electrons. The Morgan fingerprint density at radius 1 is 1.11 bits per heavy atom. The number of amides is 1. The first kappa shape index (κ1) is 48.5. The minimum atomic E-state index is -1.84. The molecule has 3 saturated heterocycles. The van der Waals surface area contributed by atoms with E-state index in [1.54, 1.807) is 38.4 Å². The Bertz CT molecular complexity index is 2070. The molecule has 3 N–H and O–H groups in total. The van der Waals surface area contributed by atoms with Crippen LogP contribution in [-0.4, -0.2) is 141 Å². The van der Waals surface area contributed by atoms with Gasteiger partial charge in [0.2, 0.25) is 5.91 Å². The SMILES string of the molecule is CC[C@H]1OC(=O)[C@H](C)C(=O)[C@H](C)[C@@H](O[C@H]2O[C@H](C)C[C@H](N(C)C)[C@H]2O)[C@@]2(C)C[C@@H](C)C(=NC(C)=O)[C@H](C)[C@@H](OCC(NOCc3ccc4oc(-n5cccn5)nc4c3)CO2)[C@]1(C)O. The summed E-state index contributed by atoms with van der Waals surface area (Å²) in [5.74, 6) is -5.29. The van der Waals surface area contributed by atoms with Crippen molar-refractivity contribution in [3.63, 3.8) is 0 Å². The number of aliphatic hydroxyl groups excluding tert-OH is 1. The number of hydrogen-bond donors (Lipinski definition) is 3. The van der Waals surface area contributed by atoms with Gasteiger partial charge in [0.15, 0.2) is 17.7 Å². The summed E-state index contributed by atoms with van der Waals surface area (Å²) < 4.78 is 40.1. The van der Waals surface area contributed by atoms with Crippen LogP contribution in [-0.2, 0) is 49.5 Å². The van der Waals surface area contributed by atoms with Crippen molar-refractivity contribution in [2.45, 2.75) is 148 Å². The summed E-state index contributed by atoms with van der Waals surface area (Å²) in [6.07, 6.45) is -1.69. The zero-order valence-corrected chi connectivity index (χ0v) is 38.3. The summed E-state index contributed by atoms with van der Waals surface area (Å²) in [5, 5.41) is 28.4. The number of ether oxygens (including phenoxy) is 5. The number of aliphatic hydroxyl groups is 2. The maximum atomic E-state index is 14.6. The van der Waals surface area contributed by atoms with Crippen molar-refractivity contribution in [3.05, 3.63) is 42.2 Å². The number of Topliss-reactive ketones (excluding diaryl/α,β-unsaturated/α-hetero) is 1. The number of nitrogens with zero attached hydrogens (tertiary/aromatic N) is 5. The Morgan fingerprint density at radius 3 is 2.52 bits per heavy atom. The first-order chi connectivity index (χ1) is 29.7. The summed E-state index contributed by atoms with van der Waals surface area (Å²) in [7, 11) is 3.74. The average Bonchev–Trinajstić information content (AvgIpc) is 3.92. The molecule has 18 heteroatoms. The number of hydrogen-bond acceptors (Lipinski definition) is 16. The molecule has 0 radical (unpaired) electrons. The van der Waals surface area contributed by atoms with Crippen molar-refractivity contribution in [2.75, 3.05) is 27.3 Å². The normalized spacial score (nSPS) is 37.1. The maximum Gasteiger partial charge on any atom is 0.323 e. The van der Waals surface area contributed by atoms with E-state index >= 15 is 0 Å². The molecular formula is C45H66N6O12. The minimum absolute atomic E-state index is 0.0606. The number of aliphatic imine (C=N–C) groups is 1. The van der Waals surface area contributed by atoms with Gasteiger partial charge in [-0.3, -0.25) is 19.2 Å². The Hall–Kier alpha value is -3.98. The van der Waals surface area contributed by atoms with Crippen LogP contribution in [0.25, 0.3) is 17.1 Å². The third-order valence-electron chi connectivity index (χ3n) is 12.8. The van der Waals surface area contributed by atoms with Gasteiger partial charge >= 0.3 is 12.0 Å². The van der Waals surface area contributed by atoms with Crippen LogP contribution in [0.3, 0.4) is 0 Å². The van der Waals surface area contributed by atoms with Gasteiger partial charge in [0.05, 0.1) is 49.8 Å². The predicted octanol–water partition coefficient (Wildman–Crippen LogP) is 3.97. The van der Waals surface area contributed by atoms with E-state index in [2.05, 4.69) is 20.6 Å². The fourth-order valence-corrected chi connectivity index (χ4v) is 9.48. The molecule has 1 unspecified atom stereocenters. The molecular weight excluding hydrogens is 817 g/mol. The molecule has 0 saturated carbocycles. The van der Waals surface area contributed by atoms with Crippen LogP contribution in [0.4, 0.5) is 0 Å². The standard InChI is InChI=1S/C45H66N6O12/c1-12-35-45(9,56)40-26(4)36(47-29(7)52)24(2)20-44(8,39(27(5)37(53)28(6)41(55)62-35)63-42-38(54)33(50(10)11)18-25(3)60-42)58-23-31(22-57-40)49-59-21-30-14-15-34-32(19-30)48-43(61-34)51-17-13-16-46-51/h13-17,19,24-28,31,33,35,38-40,42,49,54,56H,12,18,20-23H2,1-11H3/t24-,25-,26+,27+,28-,31?,33+,35-,38-,39-,40-,42-,44-,45-/m1/s1. The molecule has 1 aromatic carbocycles. The number of cyclic esters (lactones) is 1. The van der Waals surface area contributed by atoms with Crippen LogP contribution >= 0.6 is 0 Å². The molecule has 0 aliphatic carbocycles. The van der Waals surface area contributed by atoms with E-state index in [-0.39, 0.29) is 44.8 Å². The lowest BCUT2D eigenvalue weighted by Gasteiger charge is -2.47. The highest BCUT2D eigenvalue weighted by Crippen LogP contribution is 2.40. The van der Waals surface area contributed by atoms with Crippen molar-refractivity contribution in [1.29, 1.82) is 0 Å². The molecule has 6 rings (SSSR count). The van der Waals surface area contributed by atoms with E-state index in [1.165, 1.54) is 25.5 Å². The van der Waals surface area contributed by atoms with Crippen molar-refractivity contribution in [2.24, 2.45) is 28.7 Å². The Morgan fingerprint density at radius 2 is 1.86 bits per heavy atom. The van der Waals surface area contributed by atoms with Gasteiger partial charge in [-0.05, 0) is 90.7 Å². The lowest BCUT2D eigenvalue weighted by molar-refractivity contribution is -0.298. The van der Waals surface area contributed by atoms with Crippen molar-refractivity contribution in [1.82, 2.24) is 25.1 Å². The van der Waals surface area contributed by atoms with E-state index in [4.69, 9.17) is 32.9 Å². The minimum Gasteiger partial charge on any atom is -0.459 e. The molecule has 0 spiro atoms. The molecule has 3 fully saturated rings. The number of esters is 1. The second-order valence-corrected chi connectivity index (χ2v) is 18.3. The summed E-state index contributed by atoms with van der Waals surface area (Å²) >= 11 is 0.